The van der Waals surface area contributed by atoms with Crippen molar-refractivity contribution in [2.24, 2.45) is 0 Å². The van der Waals surface area contributed by atoms with Gasteiger partial charge in [0, 0.05) is 36.0 Å². The van der Waals surface area contributed by atoms with E-state index >= 15 is 0 Å². The summed E-state index contributed by atoms with van der Waals surface area (Å²) in [6.45, 7) is 4.66. The lowest BCUT2D eigenvalue weighted by Gasteiger charge is -2.15. The summed E-state index contributed by atoms with van der Waals surface area (Å²) in [5.74, 6) is 0.0482. The number of nitrogens with zero attached hydrogens (tertiary/aromatic N) is 4. The summed E-state index contributed by atoms with van der Waals surface area (Å²) in [5, 5.41) is 9.35. The Kier molecular flexibility index (Phi) is 6.80. The average Bonchev–Trinajstić information content (AvgIpc) is 3.66. The molecule has 0 atom stereocenters. The highest BCUT2D eigenvalue weighted by Gasteiger charge is 2.27. The molecule has 1 aliphatic heterocycles. The Balaban J connectivity index is 1.47. The lowest BCUT2D eigenvalue weighted by Crippen LogP contribution is -2.27. The zero-order valence-electron chi connectivity index (χ0n) is 20.4. The fraction of sp³-hybridized carbons (Fsp3) is 0.280. The van der Waals surface area contributed by atoms with Crippen molar-refractivity contribution in [1.82, 2.24) is 24.1 Å². The maximum absolute atomic E-state index is 13.1. The van der Waals surface area contributed by atoms with Crippen LogP contribution in [-0.4, -0.2) is 51.5 Å². The maximum atomic E-state index is 13.1. The first-order valence-corrected chi connectivity index (χ1v) is 14.3. The van der Waals surface area contributed by atoms with Gasteiger partial charge in [-0.3, -0.25) is 14.6 Å². The Labute approximate surface area is 218 Å². The number of carbonyl (C=O) groups is 1. The number of nitrogens with one attached hydrogen (secondary N) is 2. The summed E-state index contributed by atoms with van der Waals surface area (Å²) < 4.78 is 28.5. The minimum atomic E-state index is -3.57. The van der Waals surface area contributed by atoms with E-state index in [1.54, 1.807) is 13.0 Å². The molecule has 4 aromatic rings. The molecule has 0 aliphatic carbocycles. The molecule has 1 fully saturated rings. The van der Waals surface area contributed by atoms with E-state index in [1.807, 2.05) is 24.4 Å². The first-order chi connectivity index (χ1) is 17.8. The lowest BCUT2D eigenvalue weighted by atomic mass is 10.2. The number of rotatable bonds is 7. The van der Waals surface area contributed by atoms with E-state index in [9.17, 15) is 18.0 Å². The Morgan fingerprint density at radius 1 is 1.16 bits per heavy atom. The summed E-state index contributed by atoms with van der Waals surface area (Å²) in [5.41, 5.74) is 1.80. The second-order valence-electron chi connectivity index (χ2n) is 8.70. The summed E-state index contributed by atoms with van der Waals surface area (Å²) in [4.78, 5) is 34.0. The minimum absolute atomic E-state index is 0.157. The maximum Gasteiger partial charge on any atom is 0.256 e. The van der Waals surface area contributed by atoms with E-state index in [4.69, 9.17) is 0 Å². The Morgan fingerprint density at radius 3 is 2.51 bits per heavy atom. The number of H-pyrrole nitrogens is 1. The molecule has 0 spiro atoms. The monoisotopic (exact) mass is 538 g/mol. The van der Waals surface area contributed by atoms with Crippen LogP contribution >= 0.6 is 11.3 Å². The lowest BCUT2D eigenvalue weighted by molar-refractivity contribution is 0.102. The molecule has 0 bridgehead atoms. The van der Waals surface area contributed by atoms with Gasteiger partial charge in [0.1, 0.15) is 11.5 Å². The van der Waals surface area contributed by atoms with Crippen molar-refractivity contribution in [3.05, 3.63) is 75.0 Å². The molecule has 3 aromatic heterocycles. The summed E-state index contributed by atoms with van der Waals surface area (Å²) in [7, 11) is -3.57. The molecular weight excluding hydrogens is 512 g/mol. The molecule has 12 heteroatoms. The largest absolute Gasteiger partial charge is 0.306 e. The molecular formula is C25H26N6O4S2. The van der Waals surface area contributed by atoms with Crippen LogP contribution in [0.4, 0.5) is 5.82 Å². The predicted molar refractivity (Wildman–Crippen MR) is 142 cm³/mol. The molecule has 0 saturated carbocycles. The van der Waals surface area contributed by atoms with Gasteiger partial charge in [-0.2, -0.15) is 14.1 Å². The quantitative estimate of drug-likeness (QED) is 0.370. The van der Waals surface area contributed by atoms with Crippen molar-refractivity contribution in [3.8, 4) is 16.5 Å². The first kappa shape index (κ1) is 25.1. The van der Waals surface area contributed by atoms with Crippen molar-refractivity contribution >= 4 is 33.1 Å². The molecule has 192 valence electrons. The first-order valence-electron chi connectivity index (χ1n) is 11.9. The van der Waals surface area contributed by atoms with Crippen LogP contribution in [0.15, 0.2) is 57.5 Å². The normalized spacial score (nSPS) is 14.2. The van der Waals surface area contributed by atoms with Gasteiger partial charge in [-0.15, -0.1) is 11.3 Å². The van der Waals surface area contributed by atoms with Gasteiger partial charge in [0.25, 0.3) is 11.5 Å². The van der Waals surface area contributed by atoms with Crippen molar-refractivity contribution in [2.45, 2.75) is 38.0 Å². The van der Waals surface area contributed by atoms with Crippen LogP contribution in [0.3, 0.4) is 0 Å². The Hall–Kier alpha value is -3.61. The van der Waals surface area contributed by atoms with Gasteiger partial charge in [0.15, 0.2) is 0 Å². The molecule has 2 N–H and O–H groups in total. The molecule has 1 amide bonds. The number of thiophene rings is 1. The molecule has 0 unspecified atom stereocenters. The van der Waals surface area contributed by atoms with Crippen LogP contribution < -0.4 is 10.9 Å². The third-order valence-electron chi connectivity index (χ3n) is 6.31. The highest BCUT2D eigenvalue weighted by Crippen LogP contribution is 2.28. The van der Waals surface area contributed by atoms with Crippen LogP contribution in [0.1, 0.15) is 41.4 Å². The second-order valence-corrected chi connectivity index (χ2v) is 11.6. The van der Waals surface area contributed by atoms with E-state index in [2.05, 4.69) is 20.4 Å². The summed E-state index contributed by atoms with van der Waals surface area (Å²) in [6.07, 6.45) is 2.24. The van der Waals surface area contributed by atoms with E-state index in [0.29, 0.717) is 42.3 Å². The number of benzene rings is 1. The van der Waals surface area contributed by atoms with Gasteiger partial charge in [-0.25, -0.2) is 13.4 Å². The smallest absolute Gasteiger partial charge is 0.256 e. The van der Waals surface area contributed by atoms with Crippen molar-refractivity contribution < 1.29 is 13.2 Å². The fourth-order valence-electron chi connectivity index (χ4n) is 4.33. The highest BCUT2D eigenvalue weighted by molar-refractivity contribution is 7.89. The number of amides is 1. The third kappa shape index (κ3) is 4.87. The van der Waals surface area contributed by atoms with E-state index < -0.39 is 15.9 Å². The zero-order chi connectivity index (χ0) is 26.2. The third-order valence-corrected chi connectivity index (χ3v) is 9.11. The van der Waals surface area contributed by atoms with Crippen LogP contribution in [0.25, 0.3) is 16.5 Å². The summed E-state index contributed by atoms with van der Waals surface area (Å²) in [6, 6.07) is 11.4. The number of anilines is 1. The van der Waals surface area contributed by atoms with Gasteiger partial charge >= 0.3 is 0 Å². The fourth-order valence-corrected chi connectivity index (χ4v) is 6.53. The highest BCUT2D eigenvalue weighted by atomic mass is 32.2. The van der Waals surface area contributed by atoms with Crippen molar-refractivity contribution in [1.29, 1.82) is 0 Å². The number of aromatic amines is 1. The van der Waals surface area contributed by atoms with Crippen molar-refractivity contribution in [2.75, 3.05) is 18.4 Å². The average molecular weight is 539 g/mol. The van der Waals surface area contributed by atoms with Crippen molar-refractivity contribution in [3.63, 3.8) is 0 Å². The van der Waals surface area contributed by atoms with Gasteiger partial charge in [0.05, 0.1) is 9.77 Å². The second kappa shape index (κ2) is 10.0. The summed E-state index contributed by atoms with van der Waals surface area (Å²) >= 11 is 1.49. The minimum Gasteiger partial charge on any atom is -0.306 e. The Bertz CT molecular complexity index is 1600. The van der Waals surface area contributed by atoms with Crippen LogP contribution in [0.5, 0.6) is 0 Å². The van der Waals surface area contributed by atoms with Gasteiger partial charge in [-0.05, 0) is 61.9 Å². The van der Waals surface area contributed by atoms with Crippen LogP contribution in [0, 0.1) is 6.92 Å². The van der Waals surface area contributed by atoms with Gasteiger partial charge < -0.3 is 5.32 Å². The van der Waals surface area contributed by atoms with E-state index in [-0.39, 0.29) is 22.0 Å². The van der Waals surface area contributed by atoms with Gasteiger partial charge in [0.2, 0.25) is 16.0 Å². The number of aryl methyl sites for hydroxylation is 1. The predicted octanol–water partition coefficient (Wildman–Crippen LogP) is 3.59. The van der Waals surface area contributed by atoms with Crippen LogP contribution in [-0.2, 0) is 16.4 Å². The number of sulfonamides is 1. The molecule has 1 aromatic carbocycles. The molecule has 37 heavy (non-hydrogen) atoms. The van der Waals surface area contributed by atoms with Crippen LogP contribution in [0.2, 0.25) is 0 Å². The zero-order valence-corrected chi connectivity index (χ0v) is 22.0. The van der Waals surface area contributed by atoms with Gasteiger partial charge in [-0.1, -0.05) is 13.0 Å². The Morgan fingerprint density at radius 2 is 1.89 bits per heavy atom. The molecule has 10 nitrogen and oxygen atoms in total. The molecule has 0 radical (unpaired) electrons. The van der Waals surface area contributed by atoms with E-state index in [1.165, 1.54) is 44.6 Å². The number of hydrogen-bond acceptors (Lipinski definition) is 7. The topological polar surface area (TPSA) is 130 Å². The molecule has 1 saturated heterocycles. The molecule has 1 aliphatic rings. The number of aromatic nitrogens is 4. The molecule has 4 heterocycles. The SMILES string of the molecule is CCc1c(C)nc(-n2nc(-c3cccs3)cc2NC(=O)c2ccc(S(=O)(=O)N3CCCC3)cc2)[nH]c1=O. The standard InChI is InChI=1S/C25H26N6O4S2/c1-3-19-16(2)26-25(28-24(19)33)31-22(15-20(29-31)21-7-6-14-36-21)27-23(32)17-8-10-18(11-9-17)37(34,35)30-12-4-5-13-30/h6-11,14-15H,3-5,12-13H2,1-2H3,(H,27,32)(H,26,28,33). The number of hydrogen-bond donors (Lipinski definition) is 2. The number of carbonyl (C=O) groups excluding carboxylic acids is 1. The van der Waals surface area contributed by atoms with E-state index in [0.717, 1.165) is 17.7 Å². The molecule has 5 rings (SSSR count).